The van der Waals surface area contributed by atoms with Crippen molar-refractivity contribution in [3.63, 3.8) is 0 Å². The van der Waals surface area contributed by atoms with Crippen molar-refractivity contribution in [2.75, 3.05) is 11.5 Å². The number of aromatic amines is 1. The number of hydrogen-bond donors (Lipinski definition) is 3. The van der Waals surface area contributed by atoms with Crippen molar-refractivity contribution in [2.45, 2.75) is 36.7 Å². The van der Waals surface area contributed by atoms with Crippen LogP contribution in [0.15, 0.2) is 60.0 Å². The Morgan fingerprint density at radius 1 is 1.14 bits per heavy atom. The van der Waals surface area contributed by atoms with E-state index in [1.807, 2.05) is 48.5 Å². The molecule has 0 bridgehead atoms. The number of ether oxygens (including phenoxy) is 2. The van der Waals surface area contributed by atoms with Gasteiger partial charge in [0, 0.05) is 23.4 Å². The second-order valence-electron chi connectivity index (χ2n) is 6.62. The Kier molecular flexibility index (Phi) is 5.92. The molecule has 1 aromatic heterocycles. The molecule has 0 aliphatic carbocycles. The molecular formula is C20H22N4O3S. The zero-order valence-electron chi connectivity index (χ0n) is 15.2. The summed E-state index contributed by atoms with van der Waals surface area (Å²) in [6.45, 7) is 0.0251. The lowest BCUT2D eigenvalue weighted by Gasteiger charge is -2.36. The van der Waals surface area contributed by atoms with Crippen molar-refractivity contribution in [1.29, 1.82) is 0 Å². The molecular weight excluding hydrogens is 376 g/mol. The van der Waals surface area contributed by atoms with Gasteiger partial charge in [0.15, 0.2) is 11.4 Å². The van der Waals surface area contributed by atoms with E-state index < -0.39 is 6.29 Å². The van der Waals surface area contributed by atoms with Crippen molar-refractivity contribution in [3.05, 3.63) is 71.5 Å². The summed E-state index contributed by atoms with van der Waals surface area (Å²) >= 11 is 1.57. The summed E-state index contributed by atoms with van der Waals surface area (Å²) in [7, 11) is 0. The average Bonchev–Trinajstić information content (AvgIpc) is 3.26. The number of aromatic nitrogens is 3. The Morgan fingerprint density at radius 2 is 2.00 bits per heavy atom. The van der Waals surface area contributed by atoms with Gasteiger partial charge in [0.05, 0.1) is 18.8 Å². The molecule has 2 aromatic carbocycles. The molecule has 4 N–H and O–H groups in total. The van der Waals surface area contributed by atoms with Crippen LogP contribution in [0.2, 0.25) is 0 Å². The highest BCUT2D eigenvalue weighted by Gasteiger charge is 2.32. The van der Waals surface area contributed by atoms with Gasteiger partial charge in [-0.2, -0.15) is 5.10 Å². The SMILES string of the molecule is Nc1cccc([C@H]2O[C@@H](CSc3ncn[nH]3)C[C@@H](c3ccc(CO)cc3)O2)c1. The molecule has 3 aromatic rings. The van der Waals surface area contributed by atoms with Crippen LogP contribution in [0.4, 0.5) is 5.69 Å². The molecule has 146 valence electrons. The van der Waals surface area contributed by atoms with Crippen LogP contribution in [0.5, 0.6) is 0 Å². The summed E-state index contributed by atoms with van der Waals surface area (Å²) in [5, 5.41) is 16.8. The molecule has 1 fully saturated rings. The van der Waals surface area contributed by atoms with E-state index in [4.69, 9.17) is 15.2 Å². The molecule has 7 nitrogen and oxygen atoms in total. The second-order valence-corrected chi connectivity index (χ2v) is 7.63. The number of H-pyrrole nitrogens is 1. The van der Waals surface area contributed by atoms with Crippen molar-refractivity contribution < 1.29 is 14.6 Å². The topological polar surface area (TPSA) is 106 Å². The maximum absolute atomic E-state index is 9.28. The van der Waals surface area contributed by atoms with E-state index in [2.05, 4.69) is 15.2 Å². The molecule has 0 radical (unpaired) electrons. The Bertz CT molecular complexity index is 889. The molecule has 1 saturated heterocycles. The molecule has 2 heterocycles. The molecule has 3 atom stereocenters. The molecule has 0 saturated carbocycles. The summed E-state index contributed by atoms with van der Waals surface area (Å²) in [6.07, 6.45) is 1.57. The summed E-state index contributed by atoms with van der Waals surface area (Å²) in [4.78, 5) is 4.15. The van der Waals surface area contributed by atoms with E-state index in [1.165, 1.54) is 6.33 Å². The maximum atomic E-state index is 9.28. The van der Waals surface area contributed by atoms with Crippen LogP contribution in [0.1, 0.15) is 35.5 Å². The lowest BCUT2D eigenvalue weighted by Crippen LogP contribution is -2.31. The van der Waals surface area contributed by atoms with E-state index >= 15 is 0 Å². The summed E-state index contributed by atoms with van der Waals surface area (Å²) in [5.41, 5.74) is 9.44. The summed E-state index contributed by atoms with van der Waals surface area (Å²) in [5.74, 6) is 0.725. The maximum Gasteiger partial charge on any atom is 0.184 e. The van der Waals surface area contributed by atoms with Crippen LogP contribution < -0.4 is 5.73 Å². The number of thioether (sulfide) groups is 1. The van der Waals surface area contributed by atoms with Crippen LogP contribution in [0.3, 0.4) is 0 Å². The number of nitrogens with two attached hydrogens (primary N) is 1. The third kappa shape index (κ3) is 4.53. The predicted molar refractivity (Wildman–Crippen MR) is 106 cm³/mol. The molecule has 1 aliphatic rings. The van der Waals surface area contributed by atoms with Crippen LogP contribution in [-0.4, -0.2) is 32.1 Å². The monoisotopic (exact) mass is 398 g/mol. The van der Waals surface area contributed by atoms with Gasteiger partial charge >= 0.3 is 0 Å². The Morgan fingerprint density at radius 3 is 2.71 bits per heavy atom. The van der Waals surface area contributed by atoms with E-state index in [1.54, 1.807) is 11.8 Å². The predicted octanol–water partition coefficient (Wildman–Crippen LogP) is 3.22. The van der Waals surface area contributed by atoms with Gasteiger partial charge in [-0.3, -0.25) is 5.10 Å². The van der Waals surface area contributed by atoms with Crippen molar-refractivity contribution in [3.8, 4) is 0 Å². The number of rotatable bonds is 6. The Labute approximate surface area is 167 Å². The lowest BCUT2D eigenvalue weighted by atomic mass is 10.0. The minimum atomic E-state index is -0.500. The van der Waals surface area contributed by atoms with Gasteiger partial charge in [-0.25, -0.2) is 4.98 Å². The van der Waals surface area contributed by atoms with Gasteiger partial charge in [-0.15, -0.1) is 0 Å². The van der Waals surface area contributed by atoms with E-state index in [0.29, 0.717) is 5.69 Å². The number of aliphatic hydroxyl groups is 1. The summed E-state index contributed by atoms with van der Waals surface area (Å²) < 4.78 is 12.5. The highest BCUT2D eigenvalue weighted by molar-refractivity contribution is 7.99. The fourth-order valence-electron chi connectivity index (χ4n) is 3.16. The van der Waals surface area contributed by atoms with Crippen LogP contribution in [-0.2, 0) is 16.1 Å². The molecule has 28 heavy (non-hydrogen) atoms. The van der Waals surface area contributed by atoms with Crippen LogP contribution >= 0.6 is 11.8 Å². The largest absolute Gasteiger partial charge is 0.399 e. The number of benzene rings is 2. The third-order valence-corrected chi connectivity index (χ3v) is 5.61. The molecule has 0 unspecified atom stereocenters. The van der Waals surface area contributed by atoms with Crippen molar-refractivity contribution in [2.24, 2.45) is 0 Å². The smallest absolute Gasteiger partial charge is 0.184 e. The first-order valence-corrected chi connectivity index (χ1v) is 10.0. The lowest BCUT2D eigenvalue weighted by molar-refractivity contribution is -0.245. The van der Waals surface area contributed by atoms with Crippen LogP contribution in [0.25, 0.3) is 0 Å². The van der Waals surface area contributed by atoms with E-state index in [0.717, 1.165) is 34.0 Å². The van der Waals surface area contributed by atoms with E-state index in [-0.39, 0.29) is 18.8 Å². The Balaban J connectivity index is 1.54. The van der Waals surface area contributed by atoms with E-state index in [9.17, 15) is 5.11 Å². The minimum Gasteiger partial charge on any atom is -0.399 e. The Hall–Kier alpha value is -2.39. The zero-order valence-corrected chi connectivity index (χ0v) is 16.0. The number of nitrogens with one attached hydrogen (secondary N) is 1. The molecule has 8 heteroatoms. The molecule has 0 spiro atoms. The van der Waals surface area contributed by atoms with Crippen molar-refractivity contribution >= 4 is 17.4 Å². The number of nitrogen functional groups attached to an aromatic ring is 1. The fourth-order valence-corrected chi connectivity index (χ4v) is 3.96. The number of aliphatic hydroxyl groups excluding tert-OH is 1. The molecule has 4 rings (SSSR count). The third-order valence-electron chi connectivity index (χ3n) is 4.60. The molecule has 1 aliphatic heterocycles. The standard InChI is InChI=1S/C20H22N4O3S/c21-16-3-1-2-15(8-16)19-26-17(11-28-20-22-12-23-24-20)9-18(27-19)14-6-4-13(10-25)5-7-14/h1-8,12,17-19,25H,9-11,21H2,(H,22,23,24)/t17-,18+,19+/m1/s1. The summed E-state index contributed by atoms with van der Waals surface area (Å²) in [6, 6.07) is 15.4. The van der Waals surface area contributed by atoms with Gasteiger partial charge in [-0.1, -0.05) is 48.2 Å². The minimum absolute atomic E-state index is 0.0251. The van der Waals surface area contributed by atoms with Crippen molar-refractivity contribution in [1.82, 2.24) is 15.2 Å². The number of hydrogen-bond acceptors (Lipinski definition) is 7. The zero-order chi connectivity index (χ0) is 19.3. The normalized spacial score (nSPS) is 22.2. The van der Waals surface area contributed by atoms with Gasteiger partial charge in [0.2, 0.25) is 0 Å². The van der Waals surface area contributed by atoms with Crippen LogP contribution in [0, 0.1) is 0 Å². The van der Waals surface area contributed by atoms with Gasteiger partial charge < -0.3 is 20.3 Å². The van der Waals surface area contributed by atoms with Gasteiger partial charge in [0.1, 0.15) is 6.33 Å². The highest BCUT2D eigenvalue weighted by Crippen LogP contribution is 2.39. The first kappa shape index (κ1) is 18.9. The second kappa shape index (κ2) is 8.74. The fraction of sp³-hybridized carbons (Fsp3) is 0.300. The quantitative estimate of drug-likeness (QED) is 0.432. The number of anilines is 1. The first-order chi connectivity index (χ1) is 13.7. The van der Waals surface area contributed by atoms with Gasteiger partial charge in [-0.05, 0) is 23.3 Å². The highest BCUT2D eigenvalue weighted by atomic mass is 32.2. The number of nitrogens with zero attached hydrogens (tertiary/aromatic N) is 2. The molecule has 0 amide bonds. The first-order valence-electron chi connectivity index (χ1n) is 9.05. The van der Waals surface area contributed by atoms with Gasteiger partial charge in [0.25, 0.3) is 0 Å². The average molecular weight is 398 g/mol.